The van der Waals surface area contributed by atoms with Crippen molar-refractivity contribution in [2.24, 2.45) is 0 Å². The number of benzene rings is 1. The Morgan fingerprint density at radius 3 is 2.65 bits per heavy atom. The van der Waals surface area contributed by atoms with Gasteiger partial charge in [0.15, 0.2) is 0 Å². The zero-order chi connectivity index (χ0) is 16.2. The van der Waals surface area contributed by atoms with Crippen LogP contribution in [0.2, 0.25) is 0 Å². The summed E-state index contributed by atoms with van der Waals surface area (Å²) in [6.45, 7) is 3.01. The first-order valence-electron chi connectivity index (χ1n) is 8.49. The topological polar surface area (TPSA) is 9.23 Å². The van der Waals surface area contributed by atoms with Crippen LogP contribution < -0.4 is 4.74 Å². The Bertz CT molecular complexity index is 597. The molecule has 120 valence electrons. The average Bonchev–Trinajstić information content (AvgIpc) is 2.86. The Balaban J connectivity index is 1.80. The van der Waals surface area contributed by atoms with E-state index in [2.05, 4.69) is 73.7 Å². The first-order chi connectivity index (χ1) is 11.4. The highest BCUT2D eigenvalue weighted by molar-refractivity contribution is 5.53. The van der Waals surface area contributed by atoms with Crippen molar-refractivity contribution in [2.45, 2.75) is 32.6 Å². The zero-order valence-corrected chi connectivity index (χ0v) is 13.9. The molecule has 0 aliphatic heterocycles. The van der Waals surface area contributed by atoms with Gasteiger partial charge in [0.25, 0.3) is 0 Å². The molecule has 0 amide bonds. The van der Waals surface area contributed by atoms with Crippen LogP contribution in [0.5, 0.6) is 5.75 Å². The summed E-state index contributed by atoms with van der Waals surface area (Å²) >= 11 is 0. The van der Waals surface area contributed by atoms with E-state index in [-0.39, 0.29) is 0 Å². The van der Waals surface area contributed by atoms with E-state index in [9.17, 15) is 0 Å². The third kappa shape index (κ3) is 7.01. The largest absolute Gasteiger partial charge is 0.494 e. The van der Waals surface area contributed by atoms with Gasteiger partial charge in [-0.1, -0.05) is 86.6 Å². The summed E-state index contributed by atoms with van der Waals surface area (Å²) in [4.78, 5) is 0. The second-order valence-corrected chi connectivity index (χ2v) is 5.58. The lowest BCUT2D eigenvalue weighted by atomic mass is 10.2. The summed E-state index contributed by atoms with van der Waals surface area (Å²) in [5, 5.41) is 0. The van der Waals surface area contributed by atoms with Gasteiger partial charge in [-0.15, -0.1) is 0 Å². The second kappa shape index (κ2) is 10.4. The average molecular weight is 306 g/mol. The molecule has 0 radical (unpaired) electrons. The van der Waals surface area contributed by atoms with E-state index in [1.165, 1.54) is 24.0 Å². The van der Waals surface area contributed by atoms with Crippen molar-refractivity contribution in [1.82, 2.24) is 0 Å². The molecule has 1 aromatic rings. The molecule has 0 spiro atoms. The molecule has 1 aliphatic carbocycles. The van der Waals surface area contributed by atoms with Gasteiger partial charge in [-0.05, 0) is 36.1 Å². The van der Waals surface area contributed by atoms with Gasteiger partial charge in [0.2, 0.25) is 0 Å². The summed E-state index contributed by atoms with van der Waals surface area (Å²) in [5.41, 5.74) is 2.40. The van der Waals surface area contributed by atoms with Crippen molar-refractivity contribution in [3.8, 4) is 5.75 Å². The van der Waals surface area contributed by atoms with E-state index in [0.29, 0.717) is 0 Å². The van der Waals surface area contributed by atoms with Crippen LogP contribution in [0, 0.1) is 0 Å². The molecule has 0 saturated heterocycles. The Kier molecular flexibility index (Phi) is 7.76. The van der Waals surface area contributed by atoms with E-state index >= 15 is 0 Å². The molecular weight excluding hydrogens is 280 g/mol. The molecule has 0 heterocycles. The van der Waals surface area contributed by atoms with E-state index in [1.807, 2.05) is 12.1 Å². The first-order valence-corrected chi connectivity index (χ1v) is 8.49. The third-order valence-electron chi connectivity index (χ3n) is 3.59. The molecule has 0 saturated carbocycles. The third-order valence-corrected chi connectivity index (χ3v) is 3.59. The molecule has 2 rings (SSSR count). The Morgan fingerprint density at radius 1 is 1.00 bits per heavy atom. The number of hydrogen-bond donors (Lipinski definition) is 0. The van der Waals surface area contributed by atoms with Crippen LogP contribution in [0.4, 0.5) is 0 Å². The lowest BCUT2D eigenvalue weighted by molar-refractivity contribution is 0.306. The highest BCUT2D eigenvalue weighted by atomic mass is 16.5. The van der Waals surface area contributed by atoms with Gasteiger partial charge in [-0.25, -0.2) is 0 Å². The van der Waals surface area contributed by atoms with Crippen LogP contribution in [0.3, 0.4) is 0 Å². The summed E-state index contributed by atoms with van der Waals surface area (Å²) in [6.07, 6.45) is 23.7. The predicted octanol–water partition coefficient (Wildman–Crippen LogP) is 6.27. The van der Waals surface area contributed by atoms with Gasteiger partial charge in [-0.3, -0.25) is 0 Å². The Morgan fingerprint density at radius 2 is 1.83 bits per heavy atom. The van der Waals surface area contributed by atoms with Gasteiger partial charge in [-0.2, -0.15) is 0 Å². The molecule has 1 aliphatic rings. The van der Waals surface area contributed by atoms with Crippen LogP contribution in [0.1, 0.15) is 38.2 Å². The van der Waals surface area contributed by atoms with Crippen LogP contribution in [0.15, 0.2) is 78.4 Å². The molecule has 23 heavy (non-hydrogen) atoms. The molecule has 1 heteroatoms. The molecule has 1 aromatic carbocycles. The van der Waals surface area contributed by atoms with E-state index in [1.54, 1.807) is 0 Å². The minimum absolute atomic E-state index is 0.808. The zero-order valence-electron chi connectivity index (χ0n) is 13.9. The van der Waals surface area contributed by atoms with Crippen molar-refractivity contribution < 1.29 is 4.74 Å². The van der Waals surface area contributed by atoms with Crippen molar-refractivity contribution >= 4 is 6.08 Å². The number of hydrogen-bond acceptors (Lipinski definition) is 1. The lowest BCUT2D eigenvalue weighted by Crippen LogP contribution is -1.96. The fourth-order valence-corrected chi connectivity index (χ4v) is 2.26. The molecular formula is C22H26O. The van der Waals surface area contributed by atoms with Crippen LogP contribution >= 0.6 is 0 Å². The van der Waals surface area contributed by atoms with Crippen LogP contribution in [-0.2, 0) is 0 Å². The van der Waals surface area contributed by atoms with Crippen LogP contribution in [-0.4, -0.2) is 6.61 Å². The van der Waals surface area contributed by atoms with Crippen LogP contribution in [0.25, 0.3) is 6.08 Å². The molecule has 1 nitrogen and oxygen atoms in total. The van der Waals surface area contributed by atoms with E-state index in [4.69, 9.17) is 4.74 Å². The van der Waals surface area contributed by atoms with Crippen molar-refractivity contribution in [3.63, 3.8) is 0 Å². The smallest absolute Gasteiger partial charge is 0.119 e. The van der Waals surface area contributed by atoms with Crippen molar-refractivity contribution in [1.29, 1.82) is 0 Å². The van der Waals surface area contributed by atoms with Gasteiger partial charge < -0.3 is 4.74 Å². The van der Waals surface area contributed by atoms with Gasteiger partial charge >= 0.3 is 0 Å². The minimum atomic E-state index is 0.808. The predicted molar refractivity (Wildman–Crippen MR) is 101 cm³/mol. The molecule has 0 unspecified atom stereocenters. The summed E-state index contributed by atoms with van der Waals surface area (Å²) in [5.74, 6) is 0.953. The quantitative estimate of drug-likeness (QED) is 0.406. The summed E-state index contributed by atoms with van der Waals surface area (Å²) < 4.78 is 5.72. The lowest BCUT2D eigenvalue weighted by Gasteiger charge is -2.05. The van der Waals surface area contributed by atoms with Gasteiger partial charge in [0.05, 0.1) is 6.61 Å². The molecule has 0 fully saturated rings. The first kappa shape index (κ1) is 17.1. The second-order valence-electron chi connectivity index (χ2n) is 5.58. The number of rotatable bonds is 8. The Labute approximate surface area is 140 Å². The van der Waals surface area contributed by atoms with Crippen molar-refractivity contribution in [2.75, 3.05) is 6.61 Å². The number of unbranched alkanes of at least 4 members (excludes halogenated alkanes) is 2. The van der Waals surface area contributed by atoms with Gasteiger partial charge in [0, 0.05) is 0 Å². The fraction of sp³-hybridized carbons (Fsp3) is 0.273. The summed E-state index contributed by atoms with van der Waals surface area (Å²) in [6, 6.07) is 8.26. The molecule has 0 aromatic heterocycles. The molecule has 0 atom stereocenters. The Hall–Kier alpha value is -2.28. The number of allylic oxidation sites excluding steroid dienone is 9. The maximum atomic E-state index is 5.72. The number of ether oxygens (including phenoxy) is 1. The highest BCUT2D eigenvalue weighted by Crippen LogP contribution is 2.14. The van der Waals surface area contributed by atoms with E-state index < -0.39 is 0 Å². The van der Waals surface area contributed by atoms with Gasteiger partial charge in [0.1, 0.15) is 5.75 Å². The van der Waals surface area contributed by atoms with Crippen molar-refractivity contribution in [3.05, 3.63) is 84.0 Å². The fourth-order valence-electron chi connectivity index (χ4n) is 2.26. The normalized spacial score (nSPS) is 14.4. The van der Waals surface area contributed by atoms with E-state index in [0.717, 1.165) is 25.2 Å². The standard InChI is InChI=1S/C22H26O/c1-2-3-10-19-23-22-17-15-21(16-18-22)14-9-8-13-20-11-6-4-5-7-12-20/h4,6-9,11-18H,2-3,5,10,19H2,1H3/b13-8+,14-9-. The summed E-state index contributed by atoms with van der Waals surface area (Å²) in [7, 11) is 0. The molecule has 0 N–H and O–H groups in total. The molecule has 0 bridgehead atoms. The minimum Gasteiger partial charge on any atom is -0.494 e. The maximum Gasteiger partial charge on any atom is 0.119 e. The monoisotopic (exact) mass is 306 g/mol. The maximum absolute atomic E-state index is 5.72. The SMILES string of the molecule is CCCCCOc1ccc(/C=C\C=C\C2=CC=CCC=C2)cc1. The highest BCUT2D eigenvalue weighted by Gasteiger charge is 1.93.